The largest absolute Gasteiger partial charge is 0.417 e. The second kappa shape index (κ2) is 8.86. The van der Waals surface area contributed by atoms with E-state index >= 15 is 0 Å². The van der Waals surface area contributed by atoms with Crippen molar-refractivity contribution in [2.45, 2.75) is 23.7 Å². The van der Waals surface area contributed by atoms with Gasteiger partial charge in [-0.15, -0.1) is 11.3 Å². The van der Waals surface area contributed by atoms with E-state index in [1.54, 1.807) is 4.90 Å². The highest BCUT2D eigenvalue weighted by atomic mass is 32.2. The summed E-state index contributed by atoms with van der Waals surface area (Å²) in [4.78, 5) is 16.5. The molecule has 176 valence electrons. The summed E-state index contributed by atoms with van der Waals surface area (Å²) >= 11 is 0.726. The van der Waals surface area contributed by atoms with E-state index in [4.69, 9.17) is 4.74 Å². The van der Waals surface area contributed by atoms with Gasteiger partial charge >= 0.3 is 12.4 Å². The van der Waals surface area contributed by atoms with Crippen LogP contribution in [0.4, 0.5) is 31.5 Å². The number of halogens is 6. The first kappa shape index (κ1) is 24.3. The fraction of sp³-hybridized carbons (Fsp3) is 0.412. The van der Waals surface area contributed by atoms with Crippen molar-refractivity contribution in [3.05, 3.63) is 40.4 Å². The van der Waals surface area contributed by atoms with Crippen LogP contribution in [0.15, 0.2) is 29.3 Å². The molecule has 1 N–H and O–H groups in total. The van der Waals surface area contributed by atoms with E-state index < -0.39 is 38.4 Å². The number of nitrogens with one attached hydrogen (secondary N) is 1. The second-order valence-electron chi connectivity index (χ2n) is 6.61. The molecule has 0 aliphatic carbocycles. The normalized spacial score (nSPS) is 15.6. The van der Waals surface area contributed by atoms with Gasteiger partial charge in [-0.25, -0.2) is 13.4 Å². The summed E-state index contributed by atoms with van der Waals surface area (Å²) in [7, 11) is -4.93. The predicted molar refractivity (Wildman–Crippen MR) is 100 cm³/mol. The number of alkyl halides is 6. The van der Waals surface area contributed by atoms with Crippen LogP contribution in [0.2, 0.25) is 0 Å². The zero-order chi connectivity index (χ0) is 23.7. The third kappa shape index (κ3) is 5.69. The number of carbonyl (C=O) groups excluding carboxylic acids is 1. The smallest absolute Gasteiger partial charge is 0.378 e. The molecule has 1 aliphatic rings. The van der Waals surface area contributed by atoms with Crippen molar-refractivity contribution >= 4 is 32.4 Å². The quantitative estimate of drug-likeness (QED) is 0.633. The van der Waals surface area contributed by atoms with Gasteiger partial charge in [-0.05, 0) is 18.2 Å². The zero-order valence-corrected chi connectivity index (χ0v) is 17.6. The molecule has 7 nitrogen and oxygen atoms in total. The molecule has 0 saturated carbocycles. The van der Waals surface area contributed by atoms with E-state index in [9.17, 15) is 39.6 Å². The Bertz CT molecular complexity index is 1090. The number of hydrogen-bond acceptors (Lipinski definition) is 6. The molecule has 1 aliphatic heterocycles. The number of amides is 1. The van der Waals surface area contributed by atoms with Gasteiger partial charge in [0, 0.05) is 24.2 Å². The zero-order valence-electron chi connectivity index (χ0n) is 16.0. The fourth-order valence-electron chi connectivity index (χ4n) is 2.84. The van der Waals surface area contributed by atoms with E-state index in [1.165, 1.54) is 6.20 Å². The number of anilines is 1. The molecule has 1 fully saturated rings. The van der Waals surface area contributed by atoms with Crippen molar-refractivity contribution in [2.24, 2.45) is 0 Å². The number of thiazole rings is 1. The topological polar surface area (TPSA) is 88.6 Å². The monoisotopic (exact) mass is 503 g/mol. The lowest BCUT2D eigenvalue weighted by atomic mass is 10.1. The minimum atomic E-state index is -5.36. The summed E-state index contributed by atoms with van der Waals surface area (Å²) in [5.41, 5.74) is -3.60. The predicted octanol–water partition coefficient (Wildman–Crippen LogP) is 3.38. The Morgan fingerprint density at radius 2 is 1.78 bits per heavy atom. The highest BCUT2D eigenvalue weighted by Gasteiger charge is 2.41. The van der Waals surface area contributed by atoms with E-state index in [0.717, 1.165) is 11.3 Å². The van der Waals surface area contributed by atoms with E-state index in [-0.39, 0.29) is 35.7 Å². The third-order valence-electron chi connectivity index (χ3n) is 4.37. The van der Waals surface area contributed by atoms with Crippen LogP contribution in [0.3, 0.4) is 0 Å². The molecule has 0 bridgehead atoms. The first-order chi connectivity index (χ1) is 14.8. The molecule has 32 heavy (non-hydrogen) atoms. The first-order valence-corrected chi connectivity index (χ1v) is 11.2. The highest BCUT2D eigenvalue weighted by Crippen LogP contribution is 2.39. The number of ether oxygens (including phenoxy) is 1. The summed E-state index contributed by atoms with van der Waals surface area (Å²) in [6.07, 6.45) is -9.36. The number of carbonyl (C=O) groups is 1. The number of hydrogen-bond donors (Lipinski definition) is 1. The summed E-state index contributed by atoms with van der Waals surface area (Å²) in [6.45, 7) is 1.55. The molecule has 1 aromatic heterocycles. The van der Waals surface area contributed by atoms with Crippen molar-refractivity contribution in [1.29, 1.82) is 0 Å². The number of sulfonamides is 1. The van der Waals surface area contributed by atoms with E-state index in [2.05, 4.69) is 4.98 Å². The van der Waals surface area contributed by atoms with Gasteiger partial charge in [-0.2, -0.15) is 26.3 Å². The summed E-state index contributed by atoms with van der Waals surface area (Å²) in [5.74, 6) is -0.256. The molecule has 1 amide bonds. The van der Waals surface area contributed by atoms with Gasteiger partial charge in [-0.1, -0.05) is 0 Å². The Balaban J connectivity index is 1.81. The van der Waals surface area contributed by atoms with Gasteiger partial charge in [0.15, 0.2) is 5.13 Å². The van der Waals surface area contributed by atoms with Crippen LogP contribution in [0.1, 0.15) is 16.0 Å². The molecule has 0 atom stereocenters. The number of rotatable bonds is 5. The van der Waals surface area contributed by atoms with Crippen molar-refractivity contribution in [1.82, 2.24) is 9.88 Å². The Morgan fingerprint density at radius 3 is 2.38 bits per heavy atom. The summed E-state index contributed by atoms with van der Waals surface area (Å²) < 4.78 is 110. The Kier molecular flexibility index (Phi) is 6.72. The fourth-order valence-corrected chi connectivity index (χ4v) is 5.10. The first-order valence-electron chi connectivity index (χ1n) is 8.89. The summed E-state index contributed by atoms with van der Waals surface area (Å²) in [5, 5.41) is -0.331. The number of aromatic nitrogens is 1. The molecule has 0 spiro atoms. The Morgan fingerprint density at radius 1 is 1.12 bits per heavy atom. The lowest BCUT2D eigenvalue weighted by Crippen LogP contribution is -2.41. The van der Waals surface area contributed by atoms with Crippen molar-refractivity contribution < 1.29 is 44.3 Å². The number of benzene rings is 1. The van der Waals surface area contributed by atoms with E-state index in [0.29, 0.717) is 31.2 Å². The highest BCUT2D eigenvalue weighted by molar-refractivity contribution is 7.93. The Labute approximate surface area is 182 Å². The molecular weight excluding hydrogens is 488 g/mol. The molecule has 3 rings (SSSR count). The molecule has 15 heteroatoms. The third-order valence-corrected chi connectivity index (χ3v) is 6.81. The van der Waals surface area contributed by atoms with Gasteiger partial charge in [0.2, 0.25) is 5.91 Å². The lowest BCUT2D eigenvalue weighted by Gasteiger charge is -2.26. The average molecular weight is 503 g/mol. The van der Waals surface area contributed by atoms with Gasteiger partial charge < -0.3 is 9.64 Å². The number of morpholine rings is 1. The minimum absolute atomic E-state index is 0.104. The maximum Gasteiger partial charge on any atom is 0.417 e. The molecule has 2 heterocycles. The van der Waals surface area contributed by atoms with Crippen LogP contribution in [-0.4, -0.2) is 50.5 Å². The molecule has 0 unspecified atom stereocenters. The SMILES string of the molecule is O=C(Cc1cnc(NS(=O)(=O)c2ccc(C(F)(F)F)cc2C(F)(F)F)s1)N1CCOCC1. The van der Waals surface area contributed by atoms with Crippen LogP contribution >= 0.6 is 11.3 Å². The number of nitrogens with zero attached hydrogens (tertiary/aromatic N) is 2. The minimum Gasteiger partial charge on any atom is -0.378 e. The Hall–Kier alpha value is -2.39. The molecule has 0 radical (unpaired) electrons. The van der Waals surface area contributed by atoms with Crippen LogP contribution in [0, 0.1) is 0 Å². The van der Waals surface area contributed by atoms with Crippen LogP contribution in [0.5, 0.6) is 0 Å². The van der Waals surface area contributed by atoms with E-state index in [1.807, 2.05) is 4.72 Å². The van der Waals surface area contributed by atoms with Crippen molar-refractivity contribution in [3.63, 3.8) is 0 Å². The molecular formula is C17H15F6N3O4S2. The summed E-state index contributed by atoms with van der Waals surface area (Å²) in [6, 6.07) is 0.228. The standard InChI is InChI=1S/C17H15F6N3O4S2/c18-16(19,20)10-1-2-13(12(7-10)17(21,22)23)32(28,29)25-15-24-9-11(31-15)8-14(27)26-3-5-30-6-4-26/h1-2,7,9H,3-6,8H2,(H,24,25). The van der Waals surface area contributed by atoms with Crippen LogP contribution in [-0.2, 0) is 38.3 Å². The van der Waals surface area contributed by atoms with Crippen molar-refractivity contribution in [3.8, 4) is 0 Å². The van der Waals surface area contributed by atoms with Crippen molar-refractivity contribution in [2.75, 3.05) is 31.0 Å². The van der Waals surface area contributed by atoms with Gasteiger partial charge in [0.1, 0.15) is 0 Å². The molecule has 2 aromatic rings. The van der Waals surface area contributed by atoms with Gasteiger partial charge in [0.05, 0.1) is 35.7 Å². The molecule has 1 aromatic carbocycles. The van der Waals surface area contributed by atoms with Gasteiger partial charge in [-0.3, -0.25) is 9.52 Å². The maximum absolute atomic E-state index is 13.3. The average Bonchev–Trinajstić information content (AvgIpc) is 3.12. The molecule has 1 saturated heterocycles. The second-order valence-corrected chi connectivity index (χ2v) is 9.38. The van der Waals surface area contributed by atoms with Crippen LogP contribution < -0.4 is 4.72 Å². The van der Waals surface area contributed by atoms with Gasteiger partial charge in [0.25, 0.3) is 10.0 Å². The lowest BCUT2D eigenvalue weighted by molar-refractivity contribution is -0.144. The maximum atomic E-state index is 13.3. The van der Waals surface area contributed by atoms with Crippen LogP contribution in [0.25, 0.3) is 0 Å².